The van der Waals surface area contributed by atoms with Gasteiger partial charge in [0.15, 0.2) is 0 Å². The average molecular weight is 272 g/mol. The highest BCUT2D eigenvalue weighted by Gasteiger charge is 2.14. The standard InChI is InChI=1S/C14H16N4O2/c1-9-4-3-5-12(6-9)17-14(20)13(19)15-7-11-8-16-18-10(11)2/h3-6,8H,7H2,1-2H3,(H,15,19)(H,16,18)(H,17,20). The maximum absolute atomic E-state index is 11.7. The van der Waals surface area contributed by atoms with E-state index in [1.165, 1.54) is 0 Å². The number of rotatable bonds is 3. The Labute approximate surface area is 116 Å². The van der Waals surface area contributed by atoms with Crippen LogP contribution >= 0.6 is 0 Å². The van der Waals surface area contributed by atoms with E-state index in [0.29, 0.717) is 5.69 Å². The van der Waals surface area contributed by atoms with Crippen molar-refractivity contribution < 1.29 is 9.59 Å². The normalized spacial score (nSPS) is 10.1. The molecule has 1 aromatic heterocycles. The van der Waals surface area contributed by atoms with Crippen LogP contribution in [-0.4, -0.2) is 22.0 Å². The maximum Gasteiger partial charge on any atom is 0.313 e. The molecule has 0 aliphatic rings. The third kappa shape index (κ3) is 3.44. The fourth-order valence-electron chi connectivity index (χ4n) is 1.72. The van der Waals surface area contributed by atoms with E-state index in [2.05, 4.69) is 20.8 Å². The summed E-state index contributed by atoms with van der Waals surface area (Å²) < 4.78 is 0. The van der Waals surface area contributed by atoms with E-state index in [9.17, 15) is 9.59 Å². The number of nitrogens with zero attached hydrogens (tertiary/aromatic N) is 1. The van der Waals surface area contributed by atoms with Gasteiger partial charge in [-0.2, -0.15) is 5.10 Å². The summed E-state index contributed by atoms with van der Waals surface area (Å²) in [6, 6.07) is 7.26. The largest absolute Gasteiger partial charge is 0.344 e. The lowest BCUT2D eigenvalue weighted by Crippen LogP contribution is -2.35. The number of amides is 2. The summed E-state index contributed by atoms with van der Waals surface area (Å²) in [7, 11) is 0. The molecule has 0 atom stereocenters. The van der Waals surface area contributed by atoms with Gasteiger partial charge in [0.05, 0.1) is 6.20 Å². The molecule has 1 heterocycles. The van der Waals surface area contributed by atoms with Crippen LogP contribution < -0.4 is 10.6 Å². The molecule has 2 aromatic rings. The molecule has 6 heteroatoms. The number of anilines is 1. The highest BCUT2D eigenvalue weighted by molar-refractivity contribution is 6.39. The van der Waals surface area contributed by atoms with Crippen LogP contribution in [0.25, 0.3) is 0 Å². The molecule has 6 nitrogen and oxygen atoms in total. The zero-order chi connectivity index (χ0) is 14.5. The van der Waals surface area contributed by atoms with Crippen molar-refractivity contribution in [1.29, 1.82) is 0 Å². The lowest BCUT2D eigenvalue weighted by Gasteiger charge is -2.06. The van der Waals surface area contributed by atoms with Gasteiger partial charge in [0.2, 0.25) is 0 Å². The van der Waals surface area contributed by atoms with E-state index in [-0.39, 0.29) is 6.54 Å². The molecule has 0 bridgehead atoms. The molecule has 104 valence electrons. The van der Waals surface area contributed by atoms with Gasteiger partial charge in [-0.1, -0.05) is 12.1 Å². The molecule has 20 heavy (non-hydrogen) atoms. The highest BCUT2D eigenvalue weighted by atomic mass is 16.2. The van der Waals surface area contributed by atoms with Crippen molar-refractivity contribution in [2.45, 2.75) is 20.4 Å². The Bertz CT molecular complexity index is 634. The third-order valence-corrected chi connectivity index (χ3v) is 2.86. The summed E-state index contributed by atoms with van der Waals surface area (Å²) in [4.78, 5) is 23.4. The zero-order valence-electron chi connectivity index (χ0n) is 11.4. The maximum atomic E-state index is 11.7. The van der Waals surface area contributed by atoms with Crippen LogP contribution in [0.5, 0.6) is 0 Å². The minimum Gasteiger partial charge on any atom is -0.344 e. The molecule has 0 fully saturated rings. The number of carbonyl (C=O) groups excluding carboxylic acids is 2. The van der Waals surface area contributed by atoms with E-state index in [0.717, 1.165) is 16.8 Å². The monoisotopic (exact) mass is 272 g/mol. The molecule has 0 aliphatic heterocycles. The van der Waals surface area contributed by atoms with Crippen LogP contribution in [0.3, 0.4) is 0 Å². The molecule has 2 amide bonds. The first kappa shape index (κ1) is 13.8. The van der Waals surface area contributed by atoms with Crippen LogP contribution in [0.15, 0.2) is 30.5 Å². The lowest BCUT2D eigenvalue weighted by molar-refractivity contribution is -0.136. The lowest BCUT2D eigenvalue weighted by atomic mass is 10.2. The van der Waals surface area contributed by atoms with E-state index in [1.54, 1.807) is 18.3 Å². The Hall–Kier alpha value is -2.63. The van der Waals surface area contributed by atoms with Gasteiger partial charge in [0, 0.05) is 23.5 Å². The van der Waals surface area contributed by atoms with Crippen molar-refractivity contribution in [3.05, 3.63) is 47.3 Å². The van der Waals surface area contributed by atoms with Crippen molar-refractivity contribution in [2.24, 2.45) is 0 Å². The highest BCUT2D eigenvalue weighted by Crippen LogP contribution is 2.09. The zero-order valence-corrected chi connectivity index (χ0v) is 11.4. The van der Waals surface area contributed by atoms with Gasteiger partial charge in [-0.05, 0) is 31.5 Å². The van der Waals surface area contributed by atoms with Crippen molar-refractivity contribution in [1.82, 2.24) is 15.5 Å². The van der Waals surface area contributed by atoms with Crippen LogP contribution in [0.2, 0.25) is 0 Å². The summed E-state index contributed by atoms with van der Waals surface area (Å²) in [6.07, 6.45) is 1.62. The summed E-state index contributed by atoms with van der Waals surface area (Å²) in [6.45, 7) is 4.03. The van der Waals surface area contributed by atoms with E-state index in [4.69, 9.17) is 0 Å². The predicted molar refractivity (Wildman–Crippen MR) is 75.0 cm³/mol. The van der Waals surface area contributed by atoms with E-state index in [1.807, 2.05) is 26.0 Å². The molecule has 2 rings (SSSR count). The second-order valence-corrected chi connectivity index (χ2v) is 4.53. The van der Waals surface area contributed by atoms with E-state index < -0.39 is 11.8 Å². The number of nitrogens with one attached hydrogen (secondary N) is 3. The number of hydrogen-bond acceptors (Lipinski definition) is 3. The Morgan fingerprint density at radius 1 is 1.25 bits per heavy atom. The van der Waals surface area contributed by atoms with Crippen molar-refractivity contribution in [2.75, 3.05) is 5.32 Å². The Balaban J connectivity index is 1.89. The fraction of sp³-hybridized carbons (Fsp3) is 0.214. The number of benzene rings is 1. The van der Waals surface area contributed by atoms with Gasteiger partial charge in [0.25, 0.3) is 0 Å². The Morgan fingerprint density at radius 3 is 2.70 bits per heavy atom. The number of hydrogen-bond donors (Lipinski definition) is 3. The fourth-order valence-corrected chi connectivity index (χ4v) is 1.72. The van der Waals surface area contributed by atoms with Gasteiger partial charge in [0.1, 0.15) is 0 Å². The molecule has 1 aromatic carbocycles. The SMILES string of the molecule is Cc1cccc(NC(=O)C(=O)NCc2cn[nH]c2C)c1. The molecular formula is C14H16N4O2. The second kappa shape index (κ2) is 6.01. The molecule has 3 N–H and O–H groups in total. The third-order valence-electron chi connectivity index (χ3n) is 2.86. The molecule has 0 aliphatic carbocycles. The second-order valence-electron chi connectivity index (χ2n) is 4.53. The Morgan fingerprint density at radius 2 is 2.05 bits per heavy atom. The molecule has 0 saturated heterocycles. The van der Waals surface area contributed by atoms with Gasteiger partial charge >= 0.3 is 11.8 Å². The topological polar surface area (TPSA) is 86.9 Å². The molecule has 0 radical (unpaired) electrons. The van der Waals surface area contributed by atoms with Crippen molar-refractivity contribution in [3.8, 4) is 0 Å². The smallest absolute Gasteiger partial charge is 0.313 e. The number of aryl methyl sites for hydroxylation is 2. The van der Waals surface area contributed by atoms with Crippen LogP contribution in [0.4, 0.5) is 5.69 Å². The number of aromatic amines is 1. The van der Waals surface area contributed by atoms with Crippen molar-refractivity contribution >= 4 is 17.5 Å². The van der Waals surface area contributed by atoms with Crippen LogP contribution in [0, 0.1) is 13.8 Å². The van der Waals surface area contributed by atoms with Crippen LogP contribution in [-0.2, 0) is 16.1 Å². The summed E-state index contributed by atoms with van der Waals surface area (Å²) in [5.41, 5.74) is 3.33. The van der Waals surface area contributed by atoms with Crippen LogP contribution in [0.1, 0.15) is 16.8 Å². The molecular weight excluding hydrogens is 256 g/mol. The molecule has 0 saturated carbocycles. The summed E-state index contributed by atoms with van der Waals surface area (Å²) >= 11 is 0. The van der Waals surface area contributed by atoms with Gasteiger partial charge in [-0.3, -0.25) is 14.7 Å². The van der Waals surface area contributed by atoms with Gasteiger partial charge in [-0.25, -0.2) is 0 Å². The minimum atomic E-state index is -0.684. The number of aromatic nitrogens is 2. The minimum absolute atomic E-state index is 0.266. The number of H-pyrrole nitrogens is 1. The van der Waals surface area contributed by atoms with E-state index >= 15 is 0 Å². The first-order chi connectivity index (χ1) is 9.56. The number of carbonyl (C=O) groups is 2. The molecule has 0 unspecified atom stereocenters. The van der Waals surface area contributed by atoms with Gasteiger partial charge < -0.3 is 10.6 Å². The first-order valence-corrected chi connectivity index (χ1v) is 6.21. The summed E-state index contributed by atoms with van der Waals surface area (Å²) in [5, 5.41) is 11.7. The Kier molecular flexibility index (Phi) is 4.14. The summed E-state index contributed by atoms with van der Waals surface area (Å²) in [5.74, 6) is -1.36. The average Bonchev–Trinajstić information content (AvgIpc) is 2.81. The quantitative estimate of drug-likeness (QED) is 0.736. The van der Waals surface area contributed by atoms with Gasteiger partial charge in [-0.15, -0.1) is 0 Å². The predicted octanol–water partition coefficient (Wildman–Crippen LogP) is 1.28. The first-order valence-electron chi connectivity index (χ1n) is 6.21. The van der Waals surface area contributed by atoms with Crippen molar-refractivity contribution in [3.63, 3.8) is 0 Å². The molecule has 0 spiro atoms.